The second kappa shape index (κ2) is 5.13. The maximum atomic E-state index is 5.06. The molecular weight excluding hydrogens is 103 g/mol. The van der Waals surface area contributed by atoms with E-state index in [1.54, 1.807) is 0 Å². The molecule has 0 bridgehead atoms. The van der Waals surface area contributed by atoms with Crippen LogP contribution >= 0.6 is 0 Å². The highest BCUT2D eigenvalue weighted by atomic mass is 16.6. The first-order valence-electron chi connectivity index (χ1n) is 3.04. The smallest absolute Gasteiger partial charge is 0.412 e. The quantitative estimate of drug-likeness (QED) is 0.513. The summed E-state index contributed by atoms with van der Waals surface area (Å²) >= 11 is 0. The Kier molecular flexibility index (Phi) is 5.12. The fraction of sp³-hybridized carbons (Fsp3) is 1.00. The van der Waals surface area contributed by atoms with E-state index in [1.807, 2.05) is 20.7 Å². The van der Waals surface area contributed by atoms with Gasteiger partial charge < -0.3 is 9.31 Å². The summed E-state index contributed by atoms with van der Waals surface area (Å²) in [4.78, 5) is 0. The summed E-state index contributed by atoms with van der Waals surface area (Å²) in [6.07, 6.45) is 0. The first-order valence-corrected chi connectivity index (χ1v) is 3.04. The monoisotopic (exact) mass is 116 g/mol. The van der Waals surface area contributed by atoms with Crippen LogP contribution in [0.4, 0.5) is 0 Å². The Labute approximate surface area is 51.3 Å². The van der Waals surface area contributed by atoms with Crippen LogP contribution in [0.25, 0.3) is 0 Å². The second-order valence-corrected chi connectivity index (χ2v) is 1.48. The molecule has 0 amide bonds. The second-order valence-electron chi connectivity index (χ2n) is 1.48. The van der Waals surface area contributed by atoms with Gasteiger partial charge in [-0.3, -0.25) is 0 Å². The zero-order chi connectivity index (χ0) is 6.41. The number of hydrogen-bond acceptors (Lipinski definition) is 2. The van der Waals surface area contributed by atoms with Crippen molar-refractivity contribution in [3.63, 3.8) is 0 Å². The molecule has 8 heavy (non-hydrogen) atoms. The van der Waals surface area contributed by atoms with E-state index in [2.05, 4.69) is 0 Å². The minimum absolute atomic E-state index is 0.0370. The van der Waals surface area contributed by atoms with Crippen molar-refractivity contribution in [3.8, 4) is 0 Å². The van der Waals surface area contributed by atoms with Crippen LogP contribution < -0.4 is 0 Å². The van der Waals surface area contributed by atoms with E-state index in [9.17, 15) is 0 Å². The van der Waals surface area contributed by atoms with Gasteiger partial charge in [-0.05, 0) is 20.7 Å². The van der Waals surface area contributed by atoms with Crippen LogP contribution in [0.3, 0.4) is 0 Å². The molecule has 3 heteroatoms. The van der Waals surface area contributed by atoms with Crippen molar-refractivity contribution in [2.75, 3.05) is 13.2 Å². The van der Waals surface area contributed by atoms with Crippen LogP contribution in [-0.4, -0.2) is 20.3 Å². The molecule has 0 aliphatic carbocycles. The molecule has 2 nitrogen and oxygen atoms in total. The van der Waals surface area contributed by atoms with E-state index < -0.39 is 0 Å². The van der Waals surface area contributed by atoms with E-state index in [4.69, 9.17) is 9.31 Å². The molecular formula is C5H13BO2. The van der Waals surface area contributed by atoms with Gasteiger partial charge in [0.05, 0.1) is 0 Å². The Balaban J connectivity index is 2.92. The predicted molar refractivity (Wildman–Crippen MR) is 34.9 cm³/mol. The van der Waals surface area contributed by atoms with Crippen LogP contribution in [-0.2, 0) is 9.31 Å². The molecule has 0 aromatic heterocycles. The van der Waals surface area contributed by atoms with Crippen molar-refractivity contribution in [1.82, 2.24) is 0 Å². The molecule has 48 valence electrons. The minimum atomic E-state index is -0.0370. The lowest BCUT2D eigenvalue weighted by atomic mass is 9.96. The third-order valence-corrected chi connectivity index (χ3v) is 0.803. The van der Waals surface area contributed by atoms with Crippen LogP contribution in [0.15, 0.2) is 0 Å². The van der Waals surface area contributed by atoms with Crippen molar-refractivity contribution >= 4 is 7.12 Å². The lowest BCUT2D eigenvalue weighted by Crippen LogP contribution is -2.17. The largest absolute Gasteiger partial charge is 0.453 e. The molecule has 0 fully saturated rings. The Morgan fingerprint density at radius 1 is 1.12 bits per heavy atom. The number of rotatable bonds is 4. The van der Waals surface area contributed by atoms with Gasteiger partial charge in [0.15, 0.2) is 0 Å². The topological polar surface area (TPSA) is 18.5 Å². The van der Waals surface area contributed by atoms with Crippen molar-refractivity contribution in [1.29, 1.82) is 0 Å². The van der Waals surface area contributed by atoms with Crippen molar-refractivity contribution in [2.24, 2.45) is 0 Å². The van der Waals surface area contributed by atoms with Gasteiger partial charge in [-0.1, -0.05) is 0 Å². The molecule has 0 N–H and O–H groups in total. The highest BCUT2D eigenvalue weighted by molar-refractivity contribution is 6.42. The average Bonchev–Trinajstić information content (AvgIpc) is 1.68. The van der Waals surface area contributed by atoms with Gasteiger partial charge in [-0.15, -0.1) is 0 Å². The van der Waals surface area contributed by atoms with Gasteiger partial charge in [0.25, 0.3) is 0 Å². The maximum Gasteiger partial charge on any atom is 0.453 e. The van der Waals surface area contributed by atoms with Gasteiger partial charge in [0, 0.05) is 13.2 Å². The van der Waals surface area contributed by atoms with Crippen LogP contribution in [0.5, 0.6) is 0 Å². The molecule has 0 aliphatic rings. The summed E-state index contributed by atoms with van der Waals surface area (Å²) in [6.45, 7) is 7.25. The molecule has 0 radical (unpaired) electrons. The molecule has 0 aliphatic heterocycles. The summed E-state index contributed by atoms with van der Waals surface area (Å²) in [5.74, 6) is 0. The average molecular weight is 116 g/mol. The van der Waals surface area contributed by atoms with E-state index in [-0.39, 0.29) is 7.12 Å². The summed E-state index contributed by atoms with van der Waals surface area (Å²) in [6, 6.07) is 0. The maximum absolute atomic E-state index is 5.06. The molecule has 0 saturated carbocycles. The Hall–Kier alpha value is -0.0151. The summed E-state index contributed by atoms with van der Waals surface area (Å²) in [5, 5.41) is 0. The van der Waals surface area contributed by atoms with E-state index in [0.717, 1.165) is 13.2 Å². The van der Waals surface area contributed by atoms with Crippen molar-refractivity contribution in [2.45, 2.75) is 20.7 Å². The highest BCUT2D eigenvalue weighted by Gasteiger charge is 2.05. The lowest BCUT2D eigenvalue weighted by Gasteiger charge is -2.04. The van der Waals surface area contributed by atoms with Crippen LogP contribution in [0.2, 0.25) is 6.82 Å². The highest BCUT2D eigenvalue weighted by Crippen LogP contribution is 1.85. The third-order valence-electron chi connectivity index (χ3n) is 0.803. The SMILES string of the molecule is CCOB(C)OCC. The van der Waals surface area contributed by atoms with Gasteiger partial charge >= 0.3 is 7.12 Å². The zero-order valence-electron chi connectivity index (χ0n) is 5.81. The molecule has 0 unspecified atom stereocenters. The Bertz CT molecular complexity index is 43.7. The predicted octanol–water partition coefficient (Wildman–Crippen LogP) is 1.18. The zero-order valence-corrected chi connectivity index (χ0v) is 5.81. The standard InChI is InChI=1S/C5H13BO2/c1-4-7-6(3)8-5-2/h4-5H2,1-3H3. The van der Waals surface area contributed by atoms with Gasteiger partial charge in [0.1, 0.15) is 0 Å². The van der Waals surface area contributed by atoms with Gasteiger partial charge in [-0.2, -0.15) is 0 Å². The fourth-order valence-electron chi connectivity index (χ4n) is 0.518. The normalized spacial score (nSPS) is 9.38. The molecule has 0 aromatic rings. The summed E-state index contributed by atoms with van der Waals surface area (Å²) in [5.41, 5.74) is 0. The number of hydrogen-bond donors (Lipinski definition) is 0. The summed E-state index contributed by atoms with van der Waals surface area (Å²) in [7, 11) is -0.0370. The van der Waals surface area contributed by atoms with E-state index >= 15 is 0 Å². The van der Waals surface area contributed by atoms with E-state index in [0.29, 0.717) is 0 Å². The Morgan fingerprint density at radius 2 is 1.50 bits per heavy atom. The van der Waals surface area contributed by atoms with Crippen LogP contribution in [0, 0.1) is 0 Å². The molecule has 0 spiro atoms. The summed E-state index contributed by atoms with van der Waals surface area (Å²) < 4.78 is 10.1. The Morgan fingerprint density at radius 3 is 1.75 bits per heavy atom. The fourth-order valence-corrected chi connectivity index (χ4v) is 0.518. The molecule has 0 saturated heterocycles. The molecule has 0 rings (SSSR count). The van der Waals surface area contributed by atoms with Gasteiger partial charge in [-0.25, -0.2) is 0 Å². The minimum Gasteiger partial charge on any atom is -0.412 e. The van der Waals surface area contributed by atoms with Crippen molar-refractivity contribution in [3.05, 3.63) is 0 Å². The molecule has 0 heterocycles. The molecule has 0 atom stereocenters. The first kappa shape index (κ1) is 7.98. The third kappa shape index (κ3) is 4.15. The van der Waals surface area contributed by atoms with E-state index in [1.165, 1.54) is 0 Å². The van der Waals surface area contributed by atoms with Gasteiger partial charge in [0.2, 0.25) is 0 Å². The molecule has 0 aromatic carbocycles. The first-order chi connectivity index (χ1) is 3.81. The lowest BCUT2D eigenvalue weighted by molar-refractivity contribution is 0.219. The van der Waals surface area contributed by atoms with Crippen molar-refractivity contribution < 1.29 is 9.31 Å². The van der Waals surface area contributed by atoms with Crippen LogP contribution in [0.1, 0.15) is 13.8 Å².